The number of pyridine rings is 1. The van der Waals surface area contributed by atoms with Gasteiger partial charge in [0.2, 0.25) is 5.88 Å². The molecule has 0 saturated heterocycles. The molecule has 2 heterocycles. The van der Waals surface area contributed by atoms with Crippen LogP contribution in [0.2, 0.25) is 0 Å². The molecule has 2 aromatic heterocycles. The number of halogens is 3. The molecule has 0 radical (unpaired) electrons. The molecule has 0 amide bonds. The van der Waals surface area contributed by atoms with Gasteiger partial charge in [0.15, 0.2) is 5.65 Å². The number of alkyl halides is 3. The van der Waals surface area contributed by atoms with Crippen LogP contribution in [-0.4, -0.2) is 34.3 Å². The number of ether oxygens (including phenoxy) is 2. The highest BCUT2D eigenvalue weighted by Crippen LogP contribution is 2.17. The van der Waals surface area contributed by atoms with Crippen LogP contribution in [0.4, 0.5) is 13.2 Å². The molecule has 5 nitrogen and oxygen atoms in total. The highest BCUT2D eigenvalue weighted by Gasteiger charge is 2.27. The third-order valence-corrected chi connectivity index (χ3v) is 2.17. The largest absolute Gasteiger partial charge is 0.478 e. The lowest BCUT2D eigenvalue weighted by molar-refractivity contribution is -0.177. The standard InChI is InChI=1S/C11H12F3N3O2/c1-2-19-9-4-3-7-10(17-9)16-8(15-7)5-18-6-11(12,13)14/h3-4H,2,5-6H2,1H3,(H,15,16,17). The highest BCUT2D eigenvalue weighted by atomic mass is 19.4. The van der Waals surface area contributed by atoms with Crippen molar-refractivity contribution in [2.45, 2.75) is 19.7 Å². The van der Waals surface area contributed by atoms with Gasteiger partial charge in [0.05, 0.1) is 12.1 Å². The van der Waals surface area contributed by atoms with Gasteiger partial charge in [0.1, 0.15) is 19.0 Å². The number of H-pyrrole nitrogens is 1. The lowest BCUT2D eigenvalue weighted by atomic mass is 10.4. The molecule has 2 rings (SSSR count). The van der Waals surface area contributed by atoms with Gasteiger partial charge in [-0.25, -0.2) is 4.98 Å². The Morgan fingerprint density at radius 2 is 2.05 bits per heavy atom. The number of aromatic amines is 1. The summed E-state index contributed by atoms with van der Waals surface area (Å²) in [4.78, 5) is 11.0. The zero-order valence-electron chi connectivity index (χ0n) is 10.1. The molecule has 19 heavy (non-hydrogen) atoms. The van der Waals surface area contributed by atoms with E-state index in [1.807, 2.05) is 6.92 Å². The third kappa shape index (κ3) is 3.82. The quantitative estimate of drug-likeness (QED) is 0.910. The second-order valence-electron chi connectivity index (χ2n) is 3.75. The summed E-state index contributed by atoms with van der Waals surface area (Å²) >= 11 is 0. The first-order valence-corrected chi connectivity index (χ1v) is 5.61. The van der Waals surface area contributed by atoms with Gasteiger partial charge in [-0.3, -0.25) is 0 Å². The van der Waals surface area contributed by atoms with E-state index < -0.39 is 12.8 Å². The molecule has 0 bridgehead atoms. The van der Waals surface area contributed by atoms with Gasteiger partial charge in [-0.2, -0.15) is 18.2 Å². The van der Waals surface area contributed by atoms with Crippen molar-refractivity contribution in [3.05, 3.63) is 18.0 Å². The predicted octanol–water partition coefficient (Wildman–Crippen LogP) is 2.44. The maximum atomic E-state index is 11.9. The Kier molecular flexibility index (Phi) is 3.89. The summed E-state index contributed by atoms with van der Waals surface area (Å²) in [5.41, 5.74) is 1.01. The summed E-state index contributed by atoms with van der Waals surface area (Å²) in [6.07, 6.45) is -4.34. The third-order valence-electron chi connectivity index (χ3n) is 2.17. The van der Waals surface area contributed by atoms with E-state index in [1.165, 1.54) is 0 Å². The maximum Gasteiger partial charge on any atom is 0.411 e. The summed E-state index contributed by atoms with van der Waals surface area (Å²) in [6, 6.07) is 3.36. The second-order valence-corrected chi connectivity index (χ2v) is 3.75. The molecule has 104 valence electrons. The number of nitrogens with zero attached hydrogens (tertiary/aromatic N) is 2. The van der Waals surface area contributed by atoms with Crippen LogP contribution >= 0.6 is 0 Å². The van der Waals surface area contributed by atoms with E-state index in [4.69, 9.17) is 4.74 Å². The monoisotopic (exact) mass is 275 g/mol. The Morgan fingerprint density at radius 1 is 1.26 bits per heavy atom. The maximum absolute atomic E-state index is 11.9. The van der Waals surface area contributed by atoms with Crippen molar-refractivity contribution < 1.29 is 22.6 Å². The van der Waals surface area contributed by atoms with E-state index in [-0.39, 0.29) is 6.61 Å². The highest BCUT2D eigenvalue weighted by molar-refractivity contribution is 5.71. The van der Waals surface area contributed by atoms with Crippen LogP contribution in [0.15, 0.2) is 12.1 Å². The van der Waals surface area contributed by atoms with E-state index in [0.717, 1.165) is 0 Å². The Balaban J connectivity index is 2.04. The molecular weight excluding hydrogens is 263 g/mol. The van der Waals surface area contributed by atoms with Gasteiger partial charge < -0.3 is 14.5 Å². The first-order chi connectivity index (χ1) is 8.98. The van der Waals surface area contributed by atoms with Gasteiger partial charge in [0.25, 0.3) is 0 Å². The van der Waals surface area contributed by atoms with E-state index in [9.17, 15) is 13.2 Å². The van der Waals surface area contributed by atoms with Crippen molar-refractivity contribution in [1.29, 1.82) is 0 Å². The minimum absolute atomic E-state index is 0.250. The van der Waals surface area contributed by atoms with Crippen molar-refractivity contribution in [3.8, 4) is 5.88 Å². The van der Waals surface area contributed by atoms with Gasteiger partial charge in [-0.05, 0) is 13.0 Å². The first-order valence-electron chi connectivity index (χ1n) is 5.61. The molecule has 0 unspecified atom stereocenters. The molecule has 0 saturated carbocycles. The van der Waals surface area contributed by atoms with E-state index in [0.29, 0.717) is 29.5 Å². The van der Waals surface area contributed by atoms with Crippen LogP contribution < -0.4 is 4.74 Å². The normalized spacial score (nSPS) is 12.0. The minimum atomic E-state index is -4.34. The van der Waals surface area contributed by atoms with Crippen LogP contribution in [0.5, 0.6) is 5.88 Å². The molecule has 0 fully saturated rings. The molecule has 0 aliphatic rings. The van der Waals surface area contributed by atoms with Crippen molar-refractivity contribution in [2.24, 2.45) is 0 Å². The van der Waals surface area contributed by atoms with Crippen LogP contribution in [0.3, 0.4) is 0 Å². The summed E-state index contributed by atoms with van der Waals surface area (Å²) in [5, 5.41) is 0. The SMILES string of the molecule is CCOc1ccc2[nH]c(COCC(F)(F)F)nc2n1. The fourth-order valence-electron chi connectivity index (χ4n) is 1.49. The van der Waals surface area contributed by atoms with Crippen molar-refractivity contribution in [2.75, 3.05) is 13.2 Å². The van der Waals surface area contributed by atoms with Crippen LogP contribution in [0.25, 0.3) is 11.2 Å². The van der Waals surface area contributed by atoms with Gasteiger partial charge in [-0.1, -0.05) is 0 Å². The number of hydrogen-bond donors (Lipinski definition) is 1. The average Bonchev–Trinajstić information content (AvgIpc) is 2.69. The number of rotatable bonds is 5. The van der Waals surface area contributed by atoms with Crippen molar-refractivity contribution >= 4 is 11.2 Å². The lowest BCUT2D eigenvalue weighted by Gasteiger charge is -2.05. The van der Waals surface area contributed by atoms with Gasteiger partial charge in [-0.15, -0.1) is 0 Å². The van der Waals surface area contributed by atoms with E-state index in [2.05, 4.69) is 19.7 Å². The predicted molar refractivity (Wildman–Crippen MR) is 60.8 cm³/mol. The van der Waals surface area contributed by atoms with Crippen molar-refractivity contribution in [1.82, 2.24) is 15.0 Å². The molecule has 0 aliphatic heterocycles. The smallest absolute Gasteiger partial charge is 0.411 e. The fraction of sp³-hybridized carbons (Fsp3) is 0.455. The molecule has 0 aliphatic carbocycles. The number of imidazole rings is 1. The molecular formula is C11H12F3N3O2. The van der Waals surface area contributed by atoms with E-state index in [1.54, 1.807) is 12.1 Å². The number of hydrogen-bond acceptors (Lipinski definition) is 4. The average molecular weight is 275 g/mol. The summed E-state index contributed by atoms with van der Waals surface area (Å²) < 4.78 is 45.5. The molecule has 0 aromatic carbocycles. The molecule has 8 heteroatoms. The Hall–Kier alpha value is -1.83. The Labute approximate surface area is 106 Å². The Morgan fingerprint density at radius 3 is 2.74 bits per heavy atom. The molecule has 2 aromatic rings. The lowest BCUT2D eigenvalue weighted by Crippen LogP contribution is -2.16. The van der Waals surface area contributed by atoms with Crippen molar-refractivity contribution in [3.63, 3.8) is 0 Å². The fourth-order valence-corrected chi connectivity index (χ4v) is 1.49. The number of aromatic nitrogens is 3. The zero-order chi connectivity index (χ0) is 13.9. The van der Waals surface area contributed by atoms with Gasteiger partial charge in [0, 0.05) is 6.07 Å². The second kappa shape index (κ2) is 5.43. The Bertz CT molecular complexity index is 554. The summed E-state index contributed by atoms with van der Waals surface area (Å²) in [7, 11) is 0. The topological polar surface area (TPSA) is 60.0 Å². The van der Waals surface area contributed by atoms with Gasteiger partial charge >= 0.3 is 6.18 Å². The van der Waals surface area contributed by atoms with Crippen LogP contribution in [-0.2, 0) is 11.3 Å². The van der Waals surface area contributed by atoms with Crippen LogP contribution in [0.1, 0.15) is 12.7 Å². The molecule has 1 N–H and O–H groups in total. The van der Waals surface area contributed by atoms with E-state index >= 15 is 0 Å². The number of nitrogens with one attached hydrogen (secondary N) is 1. The number of fused-ring (bicyclic) bond motifs is 1. The molecule has 0 atom stereocenters. The minimum Gasteiger partial charge on any atom is -0.478 e. The summed E-state index contributed by atoms with van der Waals surface area (Å²) in [6.45, 7) is 0.749. The molecule has 0 spiro atoms. The van der Waals surface area contributed by atoms with Crippen LogP contribution in [0, 0.1) is 0 Å². The zero-order valence-corrected chi connectivity index (χ0v) is 10.1. The first kappa shape index (κ1) is 13.6. The summed E-state index contributed by atoms with van der Waals surface area (Å²) in [5.74, 6) is 0.713.